The molecular formula is C20H18F2N6O3S. The largest absolute Gasteiger partial charge is 0.492 e. The molecule has 0 radical (unpaired) electrons. The number of anilines is 4. The lowest BCUT2D eigenvalue weighted by Crippen LogP contribution is -2.14. The van der Waals surface area contributed by atoms with E-state index in [0.717, 1.165) is 23.9 Å². The van der Waals surface area contributed by atoms with Crippen LogP contribution in [-0.4, -0.2) is 25.0 Å². The summed E-state index contributed by atoms with van der Waals surface area (Å²) in [6.07, 6.45) is 1.18. The van der Waals surface area contributed by atoms with E-state index in [1.165, 1.54) is 6.07 Å². The van der Waals surface area contributed by atoms with E-state index in [4.69, 9.17) is 15.1 Å². The molecule has 0 aliphatic rings. The summed E-state index contributed by atoms with van der Waals surface area (Å²) in [4.78, 5) is 7.15. The Morgan fingerprint density at radius 3 is 2.53 bits per heavy atom. The van der Waals surface area contributed by atoms with E-state index < -0.39 is 26.6 Å². The van der Waals surface area contributed by atoms with Crippen molar-refractivity contribution in [1.29, 1.82) is 5.26 Å². The minimum atomic E-state index is -4.27. The van der Waals surface area contributed by atoms with Crippen molar-refractivity contribution in [3.63, 3.8) is 0 Å². The van der Waals surface area contributed by atoms with Crippen LogP contribution in [0.25, 0.3) is 0 Å². The van der Waals surface area contributed by atoms with Gasteiger partial charge in [-0.1, -0.05) is 0 Å². The molecule has 1 heterocycles. The molecule has 0 saturated heterocycles. The first-order valence-electron chi connectivity index (χ1n) is 9.16. The molecule has 0 atom stereocenters. The van der Waals surface area contributed by atoms with Gasteiger partial charge in [0.15, 0.2) is 11.6 Å². The van der Waals surface area contributed by atoms with Crippen molar-refractivity contribution in [2.45, 2.75) is 18.2 Å². The van der Waals surface area contributed by atoms with E-state index in [0.29, 0.717) is 11.4 Å². The van der Waals surface area contributed by atoms with Gasteiger partial charge >= 0.3 is 0 Å². The summed E-state index contributed by atoms with van der Waals surface area (Å²) in [5, 5.41) is 19.1. The molecule has 32 heavy (non-hydrogen) atoms. The van der Waals surface area contributed by atoms with Crippen molar-refractivity contribution in [3.8, 4) is 11.8 Å². The second-order valence-corrected chi connectivity index (χ2v) is 8.10. The predicted molar refractivity (Wildman–Crippen MR) is 113 cm³/mol. The first kappa shape index (κ1) is 22.9. The second-order valence-electron chi connectivity index (χ2n) is 6.57. The molecule has 3 aromatic rings. The smallest absolute Gasteiger partial charge is 0.241 e. The van der Waals surface area contributed by atoms with Crippen LogP contribution in [-0.2, 0) is 10.0 Å². The molecule has 0 spiro atoms. The molecule has 12 heteroatoms. The molecule has 166 valence electrons. The van der Waals surface area contributed by atoms with Gasteiger partial charge in [0.25, 0.3) is 0 Å². The molecule has 0 aliphatic carbocycles. The normalized spacial score (nSPS) is 11.0. The number of aromatic nitrogens is 2. The summed E-state index contributed by atoms with van der Waals surface area (Å²) >= 11 is 0. The van der Waals surface area contributed by atoms with Crippen molar-refractivity contribution in [2.75, 3.05) is 17.2 Å². The van der Waals surface area contributed by atoms with Crippen LogP contribution in [0, 0.1) is 29.9 Å². The number of nitrogens with zero attached hydrogens (tertiary/aromatic N) is 3. The van der Waals surface area contributed by atoms with Gasteiger partial charge in [0.2, 0.25) is 16.0 Å². The summed E-state index contributed by atoms with van der Waals surface area (Å²) < 4.78 is 56.4. The third-order valence-electron chi connectivity index (χ3n) is 4.15. The molecule has 0 unspecified atom stereocenters. The molecule has 0 fully saturated rings. The lowest BCUT2D eigenvalue weighted by Gasteiger charge is -2.12. The number of nitriles is 1. The number of primary sulfonamides is 1. The van der Waals surface area contributed by atoms with E-state index >= 15 is 0 Å². The lowest BCUT2D eigenvalue weighted by molar-refractivity contribution is 0.324. The highest BCUT2D eigenvalue weighted by Gasteiger charge is 2.16. The van der Waals surface area contributed by atoms with Gasteiger partial charge in [0.05, 0.1) is 18.7 Å². The van der Waals surface area contributed by atoms with Gasteiger partial charge in [-0.25, -0.2) is 27.3 Å². The van der Waals surface area contributed by atoms with E-state index in [2.05, 4.69) is 20.6 Å². The fourth-order valence-corrected chi connectivity index (χ4v) is 3.31. The van der Waals surface area contributed by atoms with Gasteiger partial charge in [-0.15, -0.1) is 0 Å². The van der Waals surface area contributed by atoms with Crippen molar-refractivity contribution < 1.29 is 21.9 Å². The molecule has 4 N–H and O–H groups in total. The summed E-state index contributed by atoms with van der Waals surface area (Å²) in [7, 11) is -4.27. The highest BCUT2D eigenvalue weighted by Crippen LogP contribution is 2.26. The average Bonchev–Trinajstić information content (AvgIpc) is 2.73. The molecule has 1 aromatic heterocycles. The van der Waals surface area contributed by atoms with Crippen molar-refractivity contribution in [2.24, 2.45) is 5.14 Å². The van der Waals surface area contributed by atoms with Gasteiger partial charge < -0.3 is 15.4 Å². The van der Waals surface area contributed by atoms with Crippen LogP contribution in [0.5, 0.6) is 5.75 Å². The Kier molecular flexibility index (Phi) is 6.82. The van der Waals surface area contributed by atoms with Crippen LogP contribution >= 0.6 is 0 Å². The lowest BCUT2D eigenvalue weighted by atomic mass is 10.2. The zero-order chi connectivity index (χ0) is 23.3. The average molecular weight is 460 g/mol. The van der Waals surface area contributed by atoms with Crippen LogP contribution in [0.15, 0.2) is 47.5 Å². The van der Waals surface area contributed by atoms with E-state index in [1.807, 2.05) is 6.07 Å². The third kappa shape index (κ3) is 5.65. The number of aryl methyl sites for hydroxylation is 1. The number of nitrogens with two attached hydrogens (primary N) is 1. The number of rotatable bonds is 8. The monoisotopic (exact) mass is 460 g/mol. The number of hydrogen-bond donors (Lipinski definition) is 3. The summed E-state index contributed by atoms with van der Waals surface area (Å²) in [5.74, 6) is -1.34. The highest BCUT2D eigenvalue weighted by molar-refractivity contribution is 7.89. The van der Waals surface area contributed by atoms with E-state index in [-0.39, 0.29) is 30.5 Å². The molecule has 0 bridgehead atoms. The number of hydrogen-bond acceptors (Lipinski definition) is 8. The minimum absolute atomic E-state index is 0.0611. The molecule has 2 aromatic carbocycles. The molecule has 0 amide bonds. The van der Waals surface area contributed by atoms with E-state index in [1.54, 1.807) is 25.1 Å². The number of sulfonamides is 1. The Hall–Kier alpha value is -3.82. The first-order chi connectivity index (χ1) is 15.2. The van der Waals surface area contributed by atoms with Gasteiger partial charge in [-0.3, -0.25) is 0 Å². The number of ether oxygens (including phenoxy) is 1. The predicted octanol–water partition coefficient (Wildman–Crippen LogP) is 3.49. The first-order valence-corrected chi connectivity index (χ1v) is 10.7. The third-order valence-corrected chi connectivity index (χ3v) is 5.07. The van der Waals surface area contributed by atoms with Crippen LogP contribution in [0.4, 0.5) is 31.9 Å². The Labute approximate surface area is 182 Å². The maximum atomic E-state index is 14.2. The van der Waals surface area contributed by atoms with Crippen LogP contribution < -0.4 is 20.5 Å². The van der Waals surface area contributed by atoms with Crippen LogP contribution in [0.2, 0.25) is 0 Å². The number of benzene rings is 2. The number of halogens is 2. The number of nitrogens with one attached hydrogen (secondary N) is 2. The van der Waals surface area contributed by atoms with Gasteiger partial charge in [-0.2, -0.15) is 10.2 Å². The maximum Gasteiger partial charge on any atom is 0.241 e. The van der Waals surface area contributed by atoms with Crippen LogP contribution in [0.1, 0.15) is 12.0 Å². The van der Waals surface area contributed by atoms with Crippen molar-refractivity contribution >= 4 is 33.2 Å². The Morgan fingerprint density at radius 1 is 1.12 bits per heavy atom. The Balaban J connectivity index is 1.80. The highest BCUT2D eigenvalue weighted by atomic mass is 32.2. The summed E-state index contributed by atoms with van der Waals surface area (Å²) in [5.41, 5.74) is 1.43. The quantitative estimate of drug-likeness (QED) is 0.434. The zero-order valence-corrected chi connectivity index (χ0v) is 17.6. The van der Waals surface area contributed by atoms with Crippen LogP contribution in [0.3, 0.4) is 0 Å². The molecule has 9 nitrogen and oxygen atoms in total. The van der Waals surface area contributed by atoms with E-state index in [9.17, 15) is 17.2 Å². The Bertz CT molecular complexity index is 1290. The van der Waals surface area contributed by atoms with Gasteiger partial charge in [0.1, 0.15) is 23.1 Å². The fraction of sp³-hybridized carbons (Fsp3) is 0.150. The fourth-order valence-electron chi connectivity index (χ4n) is 2.68. The molecule has 3 rings (SSSR count). The zero-order valence-electron chi connectivity index (χ0n) is 16.8. The topological polar surface area (TPSA) is 143 Å². The maximum absolute atomic E-state index is 14.2. The van der Waals surface area contributed by atoms with Gasteiger partial charge in [-0.05, 0) is 48.9 Å². The molecular weight excluding hydrogens is 442 g/mol. The molecule has 0 aliphatic heterocycles. The SMILES string of the molecule is Cc1cc(Nc2nc(Nc3ccc(F)c(S(N)(=O)=O)c3)ncc2F)ccc1OCCC#N. The standard InChI is InChI=1S/C20H18F2N6O3S/c1-12-9-13(4-6-17(12)31-8-2-7-23)26-19-16(22)11-25-20(28-19)27-14-3-5-15(21)18(10-14)32(24,29)30/h3-6,9-11H,2,8H2,1H3,(H2,24,29,30)(H2,25,26,27,28). The summed E-state index contributed by atoms with van der Waals surface area (Å²) in [6, 6.07) is 10.2. The second kappa shape index (κ2) is 9.54. The summed E-state index contributed by atoms with van der Waals surface area (Å²) in [6.45, 7) is 2.06. The molecule has 0 saturated carbocycles. The van der Waals surface area contributed by atoms with Crippen molar-refractivity contribution in [1.82, 2.24) is 9.97 Å². The van der Waals surface area contributed by atoms with Crippen molar-refractivity contribution in [3.05, 3.63) is 59.8 Å². The Morgan fingerprint density at radius 2 is 1.84 bits per heavy atom. The minimum Gasteiger partial charge on any atom is -0.492 e. The van der Waals surface area contributed by atoms with Gasteiger partial charge in [0, 0.05) is 11.4 Å².